The molecule has 1 amide bonds. The maximum atomic E-state index is 12.7. The highest BCUT2D eigenvalue weighted by Crippen LogP contribution is 2.41. The largest absolute Gasteiger partial charge is 0.316 e. The van der Waals surface area contributed by atoms with E-state index >= 15 is 0 Å². The van der Waals surface area contributed by atoms with Gasteiger partial charge in [0.15, 0.2) is 15.0 Å². The third-order valence-electron chi connectivity index (χ3n) is 4.62. The zero-order valence-corrected chi connectivity index (χ0v) is 17.7. The van der Waals surface area contributed by atoms with Gasteiger partial charge in [0.1, 0.15) is 0 Å². The summed E-state index contributed by atoms with van der Waals surface area (Å²) in [6.45, 7) is 1.93. The van der Waals surface area contributed by atoms with E-state index in [1.807, 2.05) is 48.2 Å². The molecule has 140 valence electrons. The fourth-order valence-corrected chi connectivity index (χ4v) is 7.72. The Kier molecular flexibility index (Phi) is 4.90. The molecule has 0 bridgehead atoms. The Hall–Kier alpha value is -1.64. The number of amides is 1. The molecule has 2 aromatic rings. The van der Waals surface area contributed by atoms with Crippen LogP contribution in [0.15, 0.2) is 58.0 Å². The number of carbonyl (C=O) groups excluding carboxylic acids is 1. The minimum atomic E-state index is -3.08. The predicted octanol–water partition coefficient (Wildman–Crippen LogP) is 3.67. The van der Waals surface area contributed by atoms with E-state index in [4.69, 9.17) is 0 Å². The Balaban J connectivity index is 1.74. The van der Waals surface area contributed by atoms with Gasteiger partial charge in [0.25, 0.3) is 5.91 Å². The summed E-state index contributed by atoms with van der Waals surface area (Å²) in [5, 5.41) is 0.447. The molecule has 27 heavy (non-hydrogen) atoms. The lowest BCUT2D eigenvalue weighted by atomic mass is 10.1. The summed E-state index contributed by atoms with van der Waals surface area (Å²) in [4.78, 5) is 19.0. The van der Waals surface area contributed by atoms with Crippen LogP contribution in [0.3, 0.4) is 0 Å². The maximum absolute atomic E-state index is 12.7. The van der Waals surface area contributed by atoms with Gasteiger partial charge in [-0.1, -0.05) is 51.5 Å². The fourth-order valence-electron chi connectivity index (χ4n) is 3.42. The molecule has 2 aromatic carbocycles. The number of hydrogen-bond acceptors (Lipinski definition) is 4. The number of nitrogens with zero attached hydrogens (tertiary/aromatic N) is 2. The van der Waals surface area contributed by atoms with E-state index in [0.717, 1.165) is 15.7 Å². The monoisotopic (exact) mass is 464 g/mol. The van der Waals surface area contributed by atoms with Gasteiger partial charge in [0.05, 0.1) is 17.5 Å². The minimum Gasteiger partial charge on any atom is -0.316 e. The van der Waals surface area contributed by atoms with Gasteiger partial charge in [-0.05, 0) is 37.3 Å². The Morgan fingerprint density at radius 2 is 1.96 bits per heavy atom. The molecule has 2 aliphatic heterocycles. The normalized spacial score (nSPS) is 25.0. The van der Waals surface area contributed by atoms with Crippen molar-refractivity contribution in [3.8, 4) is 0 Å². The summed E-state index contributed by atoms with van der Waals surface area (Å²) in [6, 6.07) is 14.7. The number of carbonyl (C=O) groups is 1. The highest BCUT2D eigenvalue weighted by molar-refractivity contribution is 9.10. The van der Waals surface area contributed by atoms with Crippen LogP contribution in [-0.2, 0) is 9.84 Å². The first-order chi connectivity index (χ1) is 12.8. The molecule has 0 aliphatic carbocycles. The molecule has 2 heterocycles. The van der Waals surface area contributed by atoms with Gasteiger partial charge in [-0.2, -0.15) is 4.99 Å². The summed E-state index contributed by atoms with van der Waals surface area (Å²) in [6.07, 6.45) is 0. The molecule has 2 aliphatic rings. The average Bonchev–Trinajstić information content (AvgIpc) is 3.05. The summed E-state index contributed by atoms with van der Waals surface area (Å²) in [5.41, 5.74) is 2.35. The molecule has 0 N–H and O–H groups in total. The molecule has 5 nitrogen and oxygen atoms in total. The minimum absolute atomic E-state index is 0.0782. The van der Waals surface area contributed by atoms with E-state index in [2.05, 4.69) is 20.9 Å². The molecule has 0 unspecified atom stereocenters. The number of aliphatic imine (C=N–C) groups is 1. The van der Waals surface area contributed by atoms with Gasteiger partial charge >= 0.3 is 0 Å². The number of hydrogen-bond donors (Lipinski definition) is 0. The standard InChI is InChI=1S/C19H17BrN2O3S2/c1-12-4-2-5-13(8-12)18(23)21-19-22(15-7-3-6-14(20)9-15)16-10-27(24,25)11-17(16)26-19/h2-9,16-17H,10-11H2,1H3/t16-,17-/m1/s1. The number of rotatable bonds is 2. The van der Waals surface area contributed by atoms with Gasteiger partial charge in [0.2, 0.25) is 0 Å². The summed E-state index contributed by atoms with van der Waals surface area (Å²) in [5.74, 6) is -0.122. The second-order valence-electron chi connectivity index (χ2n) is 6.72. The van der Waals surface area contributed by atoms with Crippen molar-refractivity contribution in [2.75, 3.05) is 16.4 Å². The number of thioether (sulfide) groups is 1. The molecule has 4 rings (SSSR count). The van der Waals surface area contributed by atoms with Crippen LogP contribution in [0.4, 0.5) is 5.69 Å². The van der Waals surface area contributed by atoms with Crippen molar-refractivity contribution in [1.29, 1.82) is 0 Å². The van der Waals surface area contributed by atoms with E-state index < -0.39 is 9.84 Å². The van der Waals surface area contributed by atoms with Crippen molar-refractivity contribution in [2.45, 2.75) is 18.2 Å². The topological polar surface area (TPSA) is 66.8 Å². The van der Waals surface area contributed by atoms with Crippen molar-refractivity contribution in [1.82, 2.24) is 0 Å². The number of sulfone groups is 1. The lowest BCUT2D eigenvalue weighted by Crippen LogP contribution is -2.37. The Bertz CT molecular complexity index is 1050. The predicted molar refractivity (Wildman–Crippen MR) is 113 cm³/mol. The molecular weight excluding hydrogens is 448 g/mol. The van der Waals surface area contributed by atoms with Gasteiger partial charge in [-0.25, -0.2) is 8.42 Å². The Morgan fingerprint density at radius 3 is 2.70 bits per heavy atom. The van der Waals surface area contributed by atoms with Crippen molar-refractivity contribution < 1.29 is 13.2 Å². The van der Waals surface area contributed by atoms with Crippen LogP contribution in [0.1, 0.15) is 15.9 Å². The van der Waals surface area contributed by atoms with Crippen molar-refractivity contribution in [3.05, 3.63) is 64.1 Å². The van der Waals surface area contributed by atoms with Crippen molar-refractivity contribution in [2.24, 2.45) is 4.99 Å². The van der Waals surface area contributed by atoms with Crippen molar-refractivity contribution in [3.63, 3.8) is 0 Å². The number of halogens is 1. The van der Waals surface area contributed by atoms with Gasteiger partial charge in [-0.3, -0.25) is 4.79 Å². The van der Waals surface area contributed by atoms with Gasteiger partial charge in [-0.15, -0.1) is 0 Å². The van der Waals surface area contributed by atoms with Crippen LogP contribution >= 0.6 is 27.7 Å². The molecule has 0 radical (unpaired) electrons. The smallest absolute Gasteiger partial charge is 0.279 e. The summed E-state index contributed by atoms with van der Waals surface area (Å²) < 4.78 is 25.1. The average molecular weight is 465 g/mol. The van der Waals surface area contributed by atoms with E-state index in [-0.39, 0.29) is 28.7 Å². The third kappa shape index (κ3) is 3.83. The lowest BCUT2D eigenvalue weighted by Gasteiger charge is -2.24. The van der Waals surface area contributed by atoms with Crippen LogP contribution in [0.2, 0.25) is 0 Å². The molecule has 0 spiro atoms. The number of amidine groups is 1. The quantitative estimate of drug-likeness (QED) is 0.677. The van der Waals surface area contributed by atoms with E-state index in [1.165, 1.54) is 11.8 Å². The van der Waals surface area contributed by atoms with E-state index in [0.29, 0.717) is 10.7 Å². The zero-order valence-electron chi connectivity index (χ0n) is 14.5. The third-order valence-corrected chi connectivity index (χ3v) is 8.32. The van der Waals surface area contributed by atoms with E-state index in [1.54, 1.807) is 12.1 Å². The number of benzene rings is 2. The first kappa shape index (κ1) is 18.7. The molecule has 2 fully saturated rings. The Labute approximate surface area is 170 Å². The fraction of sp³-hybridized carbons (Fsp3) is 0.263. The second kappa shape index (κ2) is 7.07. The molecule has 0 aromatic heterocycles. The van der Waals surface area contributed by atoms with E-state index in [9.17, 15) is 13.2 Å². The van der Waals surface area contributed by atoms with Crippen LogP contribution in [-0.4, -0.2) is 42.3 Å². The van der Waals surface area contributed by atoms with Crippen LogP contribution in [0.5, 0.6) is 0 Å². The Morgan fingerprint density at radius 1 is 1.19 bits per heavy atom. The molecule has 8 heteroatoms. The maximum Gasteiger partial charge on any atom is 0.279 e. The van der Waals surface area contributed by atoms with Gasteiger partial charge < -0.3 is 4.90 Å². The second-order valence-corrected chi connectivity index (χ2v) is 11.0. The van der Waals surface area contributed by atoms with Crippen molar-refractivity contribution >= 4 is 54.3 Å². The molecule has 2 atom stereocenters. The molecule has 2 saturated heterocycles. The highest BCUT2D eigenvalue weighted by Gasteiger charge is 2.49. The molecular formula is C19H17BrN2O3S2. The zero-order chi connectivity index (χ0) is 19.2. The number of aryl methyl sites for hydroxylation is 1. The number of fused-ring (bicyclic) bond motifs is 1. The molecule has 0 saturated carbocycles. The lowest BCUT2D eigenvalue weighted by molar-refractivity contribution is 0.100. The first-order valence-electron chi connectivity index (χ1n) is 8.44. The SMILES string of the molecule is Cc1cccc(C(=O)N=C2S[C@@H]3CS(=O)(=O)C[C@H]3N2c2cccc(Br)c2)c1. The van der Waals surface area contributed by atoms with Crippen LogP contribution < -0.4 is 4.90 Å². The van der Waals surface area contributed by atoms with Crippen LogP contribution in [0, 0.1) is 6.92 Å². The summed E-state index contributed by atoms with van der Waals surface area (Å²) >= 11 is 4.84. The highest BCUT2D eigenvalue weighted by atomic mass is 79.9. The first-order valence-corrected chi connectivity index (χ1v) is 11.9. The number of anilines is 1. The van der Waals surface area contributed by atoms with Gasteiger partial charge in [0, 0.05) is 21.0 Å². The summed E-state index contributed by atoms with van der Waals surface area (Å²) in [7, 11) is -3.08. The van der Waals surface area contributed by atoms with Crippen LogP contribution in [0.25, 0.3) is 0 Å².